The molecule has 3 rings (SSSR count). The maximum absolute atomic E-state index is 12.6. The maximum atomic E-state index is 12.6. The molecule has 0 radical (unpaired) electrons. The molecule has 0 aliphatic rings. The Labute approximate surface area is 157 Å². The number of hydrogen-bond acceptors (Lipinski definition) is 4. The number of benzene rings is 2. The van der Waals surface area contributed by atoms with E-state index in [0.717, 1.165) is 21.8 Å². The molecule has 1 amide bonds. The molecule has 0 unspecified atom stereocenters. The van der Waals surface area contributed by atoms with Crippen LogP contribution in [-0.4, -0.2) is 15.4 Å². The molecule has 2 aromatic carbocycles. The molecule has 0 fully saturated rings. The minimum Gasteiger partial charge on any atom is -0.312 e. The standard InChI is InChI=1S/C18H14ClN3O3S/c1-3-9-21-16-11(2)5-4-6-15(16)26-18(21)20-17(23)13-10-12(22(24)25)7-8-14(13)19/h3-8,10H,1,9H2,2H3. The molecule has 8 heteroatoms. The molecule has 0 saturated carbocycles. The van der Waals surface area contributed by atoms with Gasteiger partial charge in [0.2, 0.25) is 0 Å². The van der Waals surface area contributed by atoms with Crippen molar-refractivity contribution in [1.29, 1.82) is 0 Å². The number of carbonyl (C=O) groups excluding carboxylic acids is 1. The summed E-state index contributed by atoms with van der Waals surface area (Å²) in [5, 5.41) is 11.1. The first-order valence-electron chi connectivity index (χ1n) is 7.65. The van der Waals surface area contributed by atoms with E-state index in [-0.39, 0.29) is 16.3 Å². The van der Waals surface area contributed by atoms with Crippen LogP contribution in [0.4, 0.5) is 5.69 Å². The average molecular weight is 388 g/mol. The number of para-hydroxylation sites is 1. The third-order valence-corrected chi connectivity index (χ3v) is 5.18. The molecular weight excluding hydrogens is 374 g/mol. The highest BCUT2D eigenvalue weighted by Gasteiger charge is 2.16. The summed E-state index contributed by atoms with van der Waals surface area (Å²) < 4.78 is 2.88. The Hall–Kier alpha value is -2.77. The number of non-ortho nitro benzene ring substituents is 1. The topological polar surface area (TPSA) is 77.5 Å². The molecule has 1 heterocycles. The van der Waals surface area contributed by atoms with E-state index in [9.17, 15) is 14.9 Å². The predicted molar refractivity (Wildman–Crippen MR) is 103 cm³/mol. The third kappa shape index (κ3) is 3.31. The zero-order chi connectivity index (χ0) is 18.8. The first-order chi connectivity index (χ1) is 12.4. The van der Waals surface area contributed by atoms with Crippen molar-refractivity contribution in [3.05, 3.63) is 80.1 Å². The number of amides is 1. The summed E-state index contributed by atoms with van der Waals surface area (Å²) in [7, 11) is 0. The van der Waals surface area contributed by atoms with Crippen LogP contribution in [0.15, 0.2) is 54.0 Å². The Balaban J connectivity index is 2.19. The summed E-state index contributed by atoms with van der Waals surface area (Å²) in [5.74, 6) is -0.624. The number of hydrogen-bond donors (Lipinski definition) is 0. The first kappa shape index (κ1) is 18.0. The minimum atomic E-state index is -0.624. The van der Waals surface area contributed by atoms with Gasteiger partial charge in [0.25, 0.3) is 11.6 Å². The van der Waals surface area contributed by atoms with Crippen molar-refractivity contribution in [2.24, 2.45) is 4.99 Å². The van der Waals surface area contributed by atoms with Crippen LogP contribution < -0.4 is 4.80 Å². The van der Waals surface area contributed by atoms with Gasteiger partial charge in [-0.3, -0.25) is 14.9 Å². The van der Waals surface area contributed by atoms with E-state index in [4.69, 9.17) is 11.6 Å². The number of fused-ring (bicyclic) bond motifs is 1. The molecule has 132 valence electrons. The second kappa shape index (κ2) is 7.23. The van der Waals surface area contributed by atoms with Crippen molar-refractivity contribution in [3.8, 4) is 0 Å². The summed E-state index contributed by atoms with van der Waals surface area (Å²) >= 11 is 7.41. The fourth-order valence-corrected chi connectivity index (χ4v) is 3.94. The lowest BCUT2D eigenvalue weighted by molar-refractivity contribution is -0.384. The Kier molecular flexibility index (Phi) is 5.01. The molecule has 0 aliphatic heterocycles. The van der Waals surface area contributed by atoms with Crippen LogP contribution in [0.1, 0.15) is 15.9 Å². The van der Waals surface area contributed by atoms with E-state index in [1.54, 1.807) is 6.08 Å². The number of carbonyl (C=O) groups is 1. The normalized spacial score (nSPS) is 11.7. The predicted octanol–water partition coefficient (Wildman–Crippen LogP) is 4.50. The smallest absolute Gasteiger partial charge is 0.281 e. The lowest BCUT2D eigenvalue weighted by atomic mass is 10.2. The van der Waals surface area contributed by atoms with Gasteiger partial charge in [0, 0.05) is 18.7 Å². The number of aryl methyl sites for hydroxylation is 1. The second-order valence-electron chi connectivity index (χ2n) is 5.54. The van der Waals surface area contributed by atoms with E-state index < -0.39 is 10.8 Å². The van der Waals surface area contributed by atoms with Crippen LogP contribution in [0.5, 0.6) is 0 Å². The van der Waals surface area contributed by atoms with Crippen molar-refractivity contribution in [3.63, 3.8) is 0 Å². The van der Waals surface area contributed by atoms with Gasteiger partial charge < -0.3 is 4.57 Å². The van der Waals surface area contributed by atoms with Gasteiger partial charge in [0.15, 0.2) is 4.80 Å². The van der Waals surface area contributed by atoms with Crippen LogP contribution >= 0.6 is 22.9 Å². The van der Waals surface area contributed by atoms with Gasteiger partial charge in [-0.05, 0) is 24.6 Å². The Morgan fingerprint density at radius 3 is 2.88 bits per heavy atom. The highest BCUT2D eigenvalue weighted by atomic mass is 35.5. The molecule has 0 bridgehead atoms. The quantitative estimate of drug-likeness (QED) is 0.375. The molecule has 3 aromatic rings. The van der Waals surface area contributed by atoms with Crippen LogP contribution in [0.25, 0.3) is 10.2 Å². The van der Waals surface area contributed by atoms with E-state index >= 15 is 0 Å². The van der Waals surface area contributed by atoms with Gasteiger partial charge in [-0.25, -0.2) is 0 Å². The minimum absolute atomic E-state index is 0.000183. The number of nitrogens with zero attached hydrogens (tertiary/aromatic N) is 3. The Morgan fingerprint density at radius 1 is 1.42 bits per heavy atom. The van der Waals surface area contributed by atoms with Crippen LogP contribution in [0.2, 0.25) is 5.02 Å². The van der Waals surface area contributed by atoms with Crippen molar-refractivity contribution >= 4 is 44.7 Å². The molecule has 0 N–H and O–H groups in total. The van der Waals surface area contributed by atoms with Gasteiger partial charge in [-0.2, -0.15) is 4.99 Å². The molecule has 0 spiro atoms. The van der Waals surface area contributed by atoms with Crippen LogP contribution in [-0.2, 0) is 6.54 Å². The first-order valence-corrected chi connectivity index (χ1v) is 8.84. The largest absolute Gasteiger partial charge is 0.312 e. The lowest BCUT2D eigenvalue weighted by Crippen LogP contribution is -2.16. The number of halogens is 1. The van der Waals surface area contributed by atoms with Gasteiger partial charge in [-0.15, -0.1) is 6.58 Å². The highest BCUT2D eigenvalue weighted by molar-refractivity contribution is 7.16. The summed E-state index contributed by atoms with van der Waals surface area (Å²) in [5.41, 5.74) is 1.83. The van der Waals surface area contributed by atoms with Crippen molar-refractivity contribution in [2.45, 2.75) is 13.5 Å². The molecule has 0 aliphatic carbocycles. The summed E-state index contributed by atoms with van der Waals surface area (Å²) in [4.78, 5) is 27.7. The fraction of sp³-hybridized carbons (Fsp3) is 0.111. The van der Waals surface area contributed by atoms with Gasteiger partial charge >= 0.3 is 0 Å². The number of thiazole rings is 1. The number of nitro groups is 1. The zero-order valence-electron chi connectivity index (χ0n) is 13.8. The van der Waals surface area contributed by atoms with Crippen molar-refractivity contribution in [1.82, 2.24) is 4.57 Å². The SMILES string of the molecule is C=CCn1c(=NC(=O)c2cc([N+](=O)[O-])ccc2Cl)sc2cccc(C)c21. The molecule has 6 nitrogen and oxygen atoms in total. The molecule has 0 atom stereocenters. The van der Waals surface area contributed by atoms with Crippen molar-refractivity contribution < 1.29 is 9.72 Å². The zero-order valence-corrected chi connectivity index (χ0v) is 15.4. The average Bonchev–Trinajstić information content (AvgIpc) is 2.94. The number of aromatic nitrogens is 1. The second-order valence-corrected chi connectivity index (χ2v) is 6.96. The maximum Gasteiger partial charge on any atom is 0.281 e. The van der Waals surface area contributed by atoms with E-state index in [0.29, 0.717) is 11.3 Å². The summed E-state index contributed by atoms with van der Waals surface area (Å²) in [6.45, 7) is 6.23. The van der Waals surface area contributed by atoms with E-state index in [1.165, 1.54) is 23.5 Å². The number of allylic oxidation sites excluding steroid dienone is 1. The van der Waals surface area contributed by atoms with Crippen LogP contribution in [0, 0.1) is 17.0 Å². The van der Waals surface area contributed by atoms with Gasteiger partial charge in [-0.1, -0.05) is 41.1 Å². The lowest BCUT2D eigenvalue weighted by Gasteiger charge is -2.04. The summed E-state index contributed by atoms with van der Waals surface area (Å²) in [6, 6.07) is 9.60. The number of nitro benzene ring substituents is 1. The van der Waals surface area contributed by atoms with E-state index in [2.05, 4.69) is 11.6 Å². The van der Waals surface area contributed by atoms with Gasteiger partial charge in [0.05, 0.1) is 25.7 Å². The monoisotopic (exact) mass is 387 g/mol. The van der Waals surface area contributed by atoms with E-state index in [1.807, 2.05) is 29.7 Å². The van der Waals surface area contributed by atoms with Crippen molar-refractivity contribution in [2.75, 3.05) is 0 Å². The third-order valence-electron chi connectivity index (χ3n) is 3.80. The molecule has 1 aromatic heterocycles. The molecular formula is C18H14ClN3O3S. The Morgan fingerprint density at radius 2 is 2.19 bits per heavy atom. The molecule has 0 saturated heterocycles. The van der Waals surface area contributed by atoms with Gasteiger partial charge in [0.1, 0.15) is 0 Å². The number of rotatable bonds is 4. The van der Waals surface area contributed by atoms with Crippen LogP contribution in [0.3, 0.4) is 0 Å². The fourth-order valence-electron chi connectivity index (χ4n) is 2.63. The molecule has 26 heavy (non-hydrogen) atoms. The Bertz CT molecular complexity index is 1110. The highest BCUT2D eigenvalue weighted by Crippen LogP contribution is 2.24. The summed E-state index contributed by atoms with van der Waals surface area (Å²) in [6.07, 6.45) is 1.72.